The van der Waals surface area contributed by atoms with Crippen LogP contribution in [0.25, 0.3) is 0 Å². The third-order valence-corrected chi connectivity index (χ3v) is 7.52. The van der Waals surface area contributed by atoms with E-state index in [1.165, 1.54) is 5.57 Å². The molecule has 2 fully saturated rings. The molecule has 0 saturated heterocycles. The molecule has 7 unspecified atom stereocenters. The maximum absolute atomic E-state index is 11.9. The van der Waals surface area contributed by atoms with E-state index in [1.54, 1.807) is 6.92 Å². The molecular weight excluding hydrogens is 300 g/mol. The largest absolute Gasteiger partial charge is 0.393 e. The molecule has 0 aromatic rings. The smallest absolute Gasteiger partial charge is 0.132 e. The van der Waals surface area contributed by atoms with Crippen molar-refractivity contribution in [1.29, 1.82) is 0 Å². The normalized spacial score (nSPS) is 46.6. The van der Waals surface area contributed by atoms with E-state index in [0.29, 0.717) is 11.8 Å². The molecule has 3 heteroatoms. The van der Waals surface area contributed by atoms with E-state index in [4.69, 9.17) is 0 Å². The van der Waals surface area contributed by atoms with Crippen LogP contribution in [0.2, 0.25) is 0 Å². The number of aliphatic hydroxyl groups excluding tert-OH is 2. The predicted octanol–water partition coefficient (Wildman–Crippen LogP) is 3.88. The van der Waals surface area contributed by atoms with E-state index in [2.05, 4.69) is 19.9 Å². The average Bonchev–Trinajstić information content (AvgIpc) is 2.58. The summed E-state index contributed by atoms with van der Waals surface area (Å²) in [4.78, 5) is 11.9. The Kier molecular flexibility index (Phi) is 5.22. The van der Waals surface area contributed by atoms with Gasteiger partial charge < -0.3 is 10.2 Å². The van der Waals surface area contributed by atoms with Crippen LogP contribution in [0.15, 0.2) is 11.6 Å². The standard InChI is InChI=1S/C21H34O3/c1-13-4-5-15(14(2)22)6-9-19(24)20-18(13)8-7-16-12-17(23)10-11-21(16,20)3/h7,13,15,17-20,23-24H,4-6,8-12H2,1-3H3. The van der Waals surface area contributed by atoms with E-state index in [0.717, 1.165) is 51.4 Å². The minimum absolute atomic E-state index is 0.0197. The Morgan fingerprint density at radius 2 is 1.88 bits per heavy atom. The zero-order valence-corrected chi connectivity index (χ0v) is 15.5. The Bertz CT molecular complexity index is 511. The molecule has 136 valence electrons. The molecule has 0 aromatic heterocycles. The van der Waals surface area contributed by atoms with Crippen molar-refractivity contribution in [3.63, 3.8) is 0 Å². The van der Waals surface area contributed by atoms with E-state index in [1.807, 2.05) is 0 Å². The van der Waals surface area contributed by atoms with Crippen LogP contribution in [-0.2, 0) is 4.79 Å². The summed E-state index contributed by atoms with van der Waals surface area (Å²) in [7, 11) is 0. The van der Waals surface area contributed by atoms with Crippen LogP contribution in [0, 0.1) is 29.1 Å². The van der Waals surface area contributed by atoms with Crippen molar-refractivity contribution < 1.29 is 15.0 Å². The summed E-state index contributed by atoms with van der Waals surface area (Å²) in [5.74, 6) is 1.70. The number of aliphatic hydroxyl groups is 2. The molecule has 0 aliphatic heterocycles. The van der Waals surface area contributed by atoms with Gasteiger partial charge in [-0.15, -0.1) is 0 Å². The number of allylic oxidation sites excluding steroid dienone is 1. The van der Waals surface area contributed by atoms with Crippen molar-refractivity contribution in [3.05, 3.63) is 11.6 Å². The van der Waals surface area contributed by atoms with Gasteiger partial charge in [0.2, 0.25) is 0 Å². The highest BCUT2D eigenvalue weighted by Crippen LogP contribution is 2.56. The monoisotopic (exact) mass is 334 g/mol. The number of ketones is 1. The van der Waals surface area contributed by atoms with E-state index < -0.39 is 0 Å². The topological polar surface area (TPSA) is 57.5 Å². The number of fused-ring (bicyclic) bond motifs is 3. The Morgan fingerprint density at radius 3 is 2.58 bits per heavy atom. The number of carbonyl (C=O) groups excluding carboxylic acids is 1. The fraction of sp³-hybridized carbons (Fsp3) is 0.857. The van der Waals surface area contributed by atoms with Crippen molar-refractivity contribution in [3.8, 4) is 0 Å². The summed E-state index contributed by atoms with van der Waals surface area (Å²) in [5.41, 5.74) is 1.39. The Labute approximate surface area is 146 Å². The van der Waals surface area contributed by atoms with Gasteiger partial charge in [0.15, 0.2) is 0 Å². The molecule has 0 spiro atoms. The first kappa shape index (κ1) is 18.1. The minimum Gasteiger partial charge on any atom is -0.393 e. The van der Waals surface area contributed by atoms with Crippen LogP contribution in [0.5, 0.6) is 0 Å². The van der Waals surface area contributed by atoms with Crippen LogP contribution >= 0.6 is 0 Å². The van der Waals surface area contributed by atoms with Crippen molar-refractivity contribution in [2.45, 2.75) is 84.3 Å². The van der Waals surface area contributed by atoms with Crippen molar-refractivity contribution >= 4 is 5.78 Å². The number of hydrogen-bond donors (Lipinski definition) is 2. The maximum atomic E-state index is 11.9. The van der Waals surface area contributed by atoms with E-state index >= 15 is 0 Å². The van der Waals surface area contributed by atoms with Crippen molar-refractivity contribution in [1.82, 2.24) is 0 Å². The summed E-state index contributed by atoms with van der Waals surface area (Å²) in [6, 6.07) is 0. The first-order chi connectivity index (χ1) is 11.3. The molecule has 3 aliphatic carbocycles. The Balaban J connectivity index is 1.91. The van der Waals surface area contributed by atoms with Gasteiger partial charge in [-0.2, -0.15) is 0 Å². The zero-order chi connectivity index (χ0) is 17.5. The average molecular weight is 335 g/mol. The fourth-order valence-electron chi connectivity index (χ4n) is 5.89. The first-order valence-corrected chi connectivity index (χ1v) is 9.89. The molecule has 2 N–H and O–H groups in total. The third-order valence-electron chi connectivity index (χ3n) is 7.52. The lowest BCUT2D eigenvalue weighted by atomic mass is 9.53. The molecule has 2 saturated carbocycles. The van der Waals surface area contributed by atoms with Gasteiger partial charge in [0.1, 0.15) is 5.78 Å². The molecule has 24 heavy (non-hydrogen) atoms. The highest BCUT2D eigenvalue weighted by molar-refractivity contribution is 5.78. The second-order valence-corrected chi connectivity index (χ2v) is 8.98. The summed E-state index contributed by atoms with van der Waals surface area (Å²) in [5, 5.41) is 21.2. The van der Waals surface area contributed by atoms with Crippen LogP contribution in [-0.4, -0.2) is 28.2 Å². The number of hydrogen-bond acceptors (Lipinski definition) is 3. The Morgan fingerprint density at radius 1 is 1.17 bits per heavy atom. The summed E-state index contributed by atoms with van der Waals surface area (Å²) >= 11 is 0. The lowest BCUT2D eigenvalue weighted by molar-refractivity contribution is -0.121. The quantitative estimate of drug-likeness (QED) is 0.716. The highest BCUT2D eigenvalue weighted by atomic mass is 16.3. The van der Waals surface area contributed by atoms with Gasteiger partial charge in [0.05, 0.1) is 12.2 Å². The van der Waals surface area contributed by atoms with E-state index in [9.17, 15) is 15.0 Å². The molecule has 3 rings (SSSR count). The van der Waals surface area contributed by atoms with Gasteiger partial charge in [-0.1, -0.05) is 25.5 Å². The van der Waals surface area contributed by atoms with Crippen LogP contribution in [0.4, 0.5) is 0 Å². The SMILES string of the molecule is CC(=O)C1CCC(C)C2CC=C3CC(O)CCC3(C)C2C(O)CC1. The first-order valence-electron chi connectivity index (χ1n) is 9.89. The number of Topliss-reactive ketones (excluding diaryl/α,β-unsaturated/α-hetero) is 1. The Hall–Kier alpha value is -0.670. The molecule has 3 aliphatic rings. The van der Waals surface area contributed by atoms with Gasteiger partial charge in [0.25, 0.3) is 0 Å². The van der Waals surface area contributed by atoms with Crippen LogP contribution < -0.4 is 0 Å². The third kappa shape index (κ3) is 3.22. The maximum Gasteiger partial charge on any atom is 0.132 e. The molecule has 0 bridgehead atoms. The van der Waals surface area contributed by atoms with E-state index in [-0.39, 0.29) is 35.2 Å². The molecule has 0 amide bonds. The van der Waals surface area contributed by atoms with Gasteiger partial charge in [0, 0.05) is 5.92 Å². The summed E-state index contributed by atoms with van der Waals surface area (Å²) in [6.45, 7) is 6.33. The lowest BCUT2D eigenvalue weighted by Crippen LogP contribution is -2.48. The molecule has 0 radical (unpaired) electrons. The molecule has 3 nitrogen and oxygen atoms in total. The predicted molar refractivity (Wildman–Crippen MR) is 95.5 cm³/mol. The zero-order valence-electron chi connectivity index (χ0n) is 15.5. The van der Waals surface area contributed by atoms with Crippen molar-refractivity contribution in [2.75, 3.05) is 0 Å². The fourth-order valence-corrected chi connectivity index (χ4v) is 5.89. The molecule has 0 aromatic carbocycles. The van der Waals surface area contributed by atoms with Gasteiger partial charge in [-0.05, 0) is 81.5 Å². The van der Waals surface area contributed by atoms with Crippen molar-refractivity contribution in [2.24, 2.45) is 29.1 Å². The number of carbonyl (C=O) groups is 1. The summed E-state index contributed by atoms with van der Waals surface area (Å²) in [6.07, 6.45) is 9.05. The van der Waals surface area contributed by atoms with Gasteiger partial charge >= 0.3 is 0 Å². The second-order valence-electron chi connectivity index (χ2n) is 8.98. The minimum atomic E-state index is -0.332. The summed E-state index contributed by atoms with van der Waals surface area (Å²) < 4.78 is 0. The lowest BCUT2D eigenvalue weighted by Gasteiger charge is -2.53. The highest BCUT2D eigenvalue weighted by Gasteiger charge is 2.50. The van der Waals surface area contributed by atoms with Crippen LogP contribution in [0.1, 0.15) is 72.1 Å². The van der Waals surface area contributed by atoms with Crippen LogP contribution in [0.3, 0.4) is 0 Å². The van der Waals surface area contributed by atoms with Gasteiger partial charge in [-0.3, -0.25) is 4.79 Å². The number of rotatable bonds is 1. The second kappa shape index (κ2) is 6.92. The molecular formula is C21H34O3. The molecule has 7 atom stereocenters. The molecule has 0 heterocycles. The van der Waals surface area contributed by atoms with Gasteiger partial charge in [-0.25, -0.2) is 0 Å².